The number of esters is 1. The van der Waals surface area contributed by atoms with Crippen molar-refractivity contribution in [3.63, 3.8) is 0 Å². The van der Waals surface area contributed by atoms with Gasteiger partial charge in [-0.3, -0.25) is 4.79 Å². The molecule has 4 heteroatoms. The van der Waals surface area contributed by atoms with E-state index < -0.39 is 0 Å². The van der Waals surface area contributed by atoms with Gasteiger partial charge in [0, 0.05) is 6.54 Å². The normalized spacial score (nSPS) is 32.4. The van der Waals surface area contributed by atoms with E-state index in [1.165, 1.54) is 6.42 Å². The second kappa shape index (κ2) is 7.10. The molecule has 0 aromatic rings. The molecule has 1 unspecified atom stereocenters. The van der Waals surface area contributed by atoms with Crippen molar-refractivity contribution in [2.75, 3.05) is 26.3 Å². The molecule has 2 aliphatic rings. The molecule has 1 saturated heterocycles. The molecule has 2 fully saturated rings. The predicted octanol–water partition coefficient (Wildman–Crippen LogP) is 1.73. The van der Waals surface area contributed by atoms with Crippen LogP contribution in [0.1, 0.15) is 39.0 Å². The van der Waals surface area contributed by atoms with Crippen molar-refractivity contribution in [2.45, 2.75) is 45.1 Å². The SMILES string of the molecule is CCOC(=O)C1CCC(OCC2CCNC2)CC1. The number of ether oxygens (including phenoxy) is 2. The molecular formula is C14H25NO3. The number of hydrogen-bond acceptors (Lipinski definition) is 4. The fourth-order valence-corrected chi connectivity index (χ4v) is 2.85. The Morgan fingerprint density at radius 3 is 2.61 bits per heavy atom. The maximum Gasteiger partial charge on any atom is 0.308 e. The van der Waals surface area contributed by atoms with Gasteiger partial charge in [0.25, 0.3) is 0 Å². The van der Waals surface area contributed by atoms with Crippen LogP contribution in [0.15, 0.2) is 0 Å². The predicted molar refractivity (Wildman–Crippen MR) is 69.3 cm³/mol. The molecule has 1 saturated carbocycles. The molecular weight excluding hydrogens is 230 g/mol. The minimum Gasteiger partial charge on any atom is -0.466 e. The first-order valence-corrected chi connectivity index (χ1v) is 7.28. The van der Waals surface area contributed by atoms with E-state index in [0.29, 0.717) is 18.6 Å². The van der Waals surface area contributed by atoms with Gasteiger partial charge in [0.1, 0.15) is 0 Å². The molecule has 0 bridgehead atoms. The molecule has 1 aliphatic heterocycles. The fourth-order valence-electron chi connectivity index (χ4n) is 2.85. The highest BCUT2D eigenvalue weighted by molar-refractivity contribution is 5.72. The molecule has 18 heavy (non-hydrogen) atoms. The lowest BCUT2D eigenvalue weighted by Gasteiger charge is -2.28. The summed E-state index contributed by atoms with van der Waals surface area (Å²) >= 11 is 0. The van der Waals surface area contributed by atoms with E-state index in [9.17, 15) is 4.79 Å². The summed E-state index contributed by atoms with van der Waals surface area (Å²) in [4.78, 5) is 11.6. The van der Waals surface area contributed by atoms with Crippen LogP contribution in [0.2, 0.25) is 0 Å². The second-order valence-corrected chi connectivity index (χ2v) is 5.42. The zero-order valence-electron chi connectivity index (χ0n) is 11.3. The van der Waals surface area contributed by atoms with Gasteiger partial charge in [0.2, 0.25) is 0 Å². The van der Waals surface area contributed by atoms with E-state index in [1.54, 1.807) is 0 Å². The molecule has 1 atom stereocenters. The average molecular weight is 255 g/mol. The number of carbonyl (C=O) groups excluding carboxylic acids is 1. The van der Waals surface area contributed by atoms with E-state index in [2.05, 4.69) is 5.32 Å². The van der Waals surface area contributed by atoms with Gasteiger partial charge >= 0.3 is 5.97 Å². The topological polar surface area (TPSA) is 47.6 Å². The Labute approximate surface area is 109 Å². The van der Waals surface area contributed by atoms with E-state index in [0.717, 1.165) is 45.4 Å². The lowest BCUT2D eigenvalue weighted by molar-refractivity contribution is -0.150. The lowest BCUT2D eigenvalue weighted by atomic mass is 9.87. The molecule has 0 aromatic carbocycles. The van der Waals surface area contributed by atoms with Crippen LogP contribution in [-0.4, -0.2) is 38.4 Å². The summed E-state index contributed by atoms with van der Waals surface area (Å²) in [6.45, 7) is 5.45. The van der Waals surface area contributed by atoms with Gasteiger partial charge in [-0.15, -0.1) is 0 Å². The van der Waals surface area contributed by atoms with Gasteiger partial charge in [0.05, 0.1) is 25.2 Å². The molecule has 0 amide bonds. The Bertz CT molecular complexity index is 256. The molecule has 1 heterocycles. The minimum absolute atomic E-state index is 0.0176. The summed E-state index contributed by atoms with van der Waals surface area (Å²) in [5, 5.41) is 3.35. The summed E-state index contributed by atoms with van der Waals surface area (Å²) in [5.41, 5.74) is 0. The summed E-state index contributed by atoms with van der Waals surface area (Å²) in [7, 11) is 0. The van der Waals surface area contributed by atoms with Crippen molar-refractivity contribution in [2.24, 2.45) is 11.8 Å². The summed E-state index contributed by atoms with van der Waals surface area (Å²) in [6.07, 6.45) is 5.45. The molecule has 1 aliphatic carbocycles. The Balaban J connectivity index is 1.62. The first kappa shape index (κ1) is 13.8. The van der Waals surface area contributed by atoms with E-state index >= 15 is 0 Å². The summed E-state index contributed by atoms with van der Waals surface area (Å²) in [6, 6.07) is 0. The Morgan fingerprint density at radius 1 is 1.22 bits per heavy atom. The van der Waals surface area contributed by atoms with Crippen LogP contribution < -0.4 is 5.32 Å². The van der Waals surface area contributed by atoms with Gasteiger partial charge in [-0.2, -0.15) is 0 Å². The van der Waals surface area contributed by atoms with Crippen molar-refractivity contribution in [3.05, 3.63) is 0 Å². The highest BCUT2D eigenvalue weighted by atomic mass is 16.5. The van der Waals surface area contributed by atoms with Gasteiger partial charge < -0.3 is 14.8 Å². The number of rotatable bonds is 5. The van der Waals surface area contributed by atoms with E-state index in [1.807, 2.05) is 6.92 Å². The van der Waals surface area contributed by atoms with Crippen molar-refractivity contribution in [3.8, 4) is 0 Å². The minimum atomic E-state index is -0.0176. The summed E-state index contributed by atoms with van der Waals surface area (Å²) < 4.78 is 11.0. The van der Waals surface area contributed by atoms with Gasteiger partial charge in [0.15, 0.2) is 0 Å². The number of carbonyl (C=O) groups is 1. The monoisotopic (exact) mass is 255 g/mol. The fraction of sp³-hybridized carbons (Fsp3) is 0.929. The third-order valence-corrected chi connectivity index (χ3v) is 4.02. The Kier molecular flexibility index (Phi) is 5.45. The van der Waals surface area contributed by atoms with Crippen molar-refractivity contribution in [1.29, 1.82) is 0 Å². The van der Waals surface area contributed by atoms with Gasteiger partial charge in [-0.25, -0.2) is 0 Å². The van der Waals surface area contributed by atoms with Crippen LogP contribution in [0.25, 0.3) is 0 Å². The zero-order valence-corrected chi connectivity index (χ0v) is 11.3. The third-order valence-electron chi connectivity index (χ3n) is 4.02. The van der Waals surface area contributed by atoms with E-state index in [4.69, 9.17) is 9.47 Å². The molecule has 104 valence electrons. The van der Waals surface area contributed by atoms with Crippen molar-refractivity contribution >= 4 is 5.97 Å². The molecule has 2 rings (SSSR count). The first-order chi connectivity index (χ1) is 8.79. The number of hydrogen-bond donors (Lipinski definition) is 1. The Morgan fingerprint density at radius 2 is 2.00 bits per heavy atom. The molecule has 0 aromatic heterocycles. The smallest absolute Gasteiger partial charge is 0.308 e. The Hall–Kier alpha value is -0.610. The van der Waals surface area contributed by atoms with Crippen LogP contribution in [0.3, 0.4) is 0 Å². The lowest BCUT2D eigenvalue weighted by Crippen LogP contribution is -2.29. The quantitative estimate of drug-likeness (QED) is 0.760. The van der Waals surface area contributed by atoms with Crippen LogP contribution in [0.5, 0.6) is 0 Å². The second-order valence-electron chi connectivity index (χ2n) is 5.42. The van der Waals surface area contributed by atoms with Crippen molar-refractivity contribution in [1.82, 2.24) is 5.32 Å². The third kappa shape index (κ3) is 3.95. The highest BCUT2D eigenvalue weighted by Crippen LogP contribution is 2.27. The molecule has 1 N–H and O–H groups in total. The van der Waals surface area contributed by atoms with E-state index in [-0.39, 0.29) is 11.9 Å². The maximum atomic E-state index is 11.6. The van der Waals surface area contributed by atoms with Crippen LogP contribution in [0, 0.1) is 11.8 Å². The molecule has 0 spiro atoms. The molecule has 0 radical (unpaired) electrons. The van der Waals surface area contributed by atoms with Crippen LogP contribution >= 0.6 is 0 Å². The van der Waals surface area contributed by atoms with Crippen LogP contribution in [0.4, 0.5) is 0 Å². The van der Waals surface area contributed by atoms with Crippen molar-refractivity contribution < 1.29 is 14.3 Å². The summed E-state index contributed by atoms with van der Waals surface area (Å²) in [5.74, 6) is 0.779. The molecule has 4 nitrogen and oxygen atoms in total. The average Bonchev–Trinajstić information content (AvgIpc) is 2.90. The zero-order chi connectivity index (χ0) is 12.8. The largest absolute Gasteiger partial charge is 0.466 e. The van der Waals surface area contributed by atoms with Gasteiger partial charge in [-0.05, 0) is 51.5 Å². The maximum absolute atomic E-state index is 11.6. The first-order valence-electron chi connectivity index (χ1n) is 7.28. The van der Waals surface area contributed by atoms with Crippen LogP contribution in [-0.2, 0) is 14.3 Å². The van der Waals surface area contributed by atoms with Gasteiger partial charge in [-0.1, -0.05) is 0 Å². The standard InChI is InChI=1S/C14H25NO3/c1-2-17-14(16)12-3-5-13(6-4-12)18-10-11-7-8-15-9-11/h11-13,15H,2-10H2,1H3. The highest BCUT2D eigenvalue weighted by Gasteiger charge is 2.28. The number of nitrogens with one attached hydrogen (secondary N) is 1.